The van der Waals surface area contributed by atoms with E-state index >= 15 is 0 Å². The Hall–Kier alpha value is -1.92. The number of fused-ring (bicyclic) bond motifs is 1. The first-order chi connectivity index (χ1) is 10.9. The van der Waals surface area contributed by atoms with Crippen molar-refractivity contribution in [2.75, 3.05) is 25.0 Å². The van der Waals surface area contributed by atoms with E-state index in [0.717, 1.165) is 24.3 Å². The number of pyridine rings is 1. The molecule has 0 amide bonds. The van der Waals surface area contributed by atoms with Gasteiger partial charge in [-0.15, -0.1) is 0 Å². The molecule has 0 aliphatic carbocycles. The van der Waals surface area contributed by atoms with Crippen LogP contribution in [0.3, 0.4) is 0 Å². The summed E-state index contributed by atoms with van der Waals surface area (Å²) in [6.45, 7) is 2.14. The Labute approximate surface area is 133 Å². The lowest BCUT2D eigenvalue weighted by Crippen LogP contribution is -2.44. The number of nitrogens with one attached hydrogen (secondary N) is 2. The van der Waals surface area contributed by atoms with E-state index < -0.39 is 0 Å². The Morgan fingerprint density at radius 3 is 3.23 bits per heavy atom. The third-order valence-electron chi connectivity index (χ3n) is 4.47. The van der Waals surface area contributed by atoms with E-state index in [1.807, 2.05) is 18.6 Å². The molecule has 0 bridgehead atoms. The fourth-order valence-corrected chi connectivity index (χ4v) is 3.84. The van der Waals surface area contributed by atoms with Crippen molar-refractivity contribution < 1.29 is 0 Å². The van der Waals surface area contributed by atoms with E-state index in [4.69, 9.17) is 0 Å². The third kappa shape index (κ3) is 2.28. The second kappa shape index (κ2) is 5.70. The van der Waals surface area contributed by atoms with Crippen LogP contribution in [0.25, 0.3) is 22.2 Å². The van der Waals surface area contributed by atoms with Crippen LogP contribution in [0.5, 0.6) is 0 Å². The van der Waals surface area contributed by atoms with E-state index in [0.29, 0.717) is 6.04 Å². The van der Waals surface area contributed by atoms with E-state index in [2.05, 4.69) is 43.1 Å². The van der Waals surface area contributed by atoms with Crippen LogP contribution in [0.2, 0.25) is 0 Å². The summed E-state index contributed by atoms with van der Waals surface area (Å²) < 4.78 is 4.24. The lowest BCUT2D eigenvalue weighted by Gasteiger charge is -2.34. The van der Waals surface area contributed by atoms with Crippen LogP contribution < -0.4 is 10.2 Å². The first kappa shape index (κ1) is 13.7. The van der Waals surface area contributed by atoms with Crippen molar-refractivity contribution in [1.29, 1.82) is 0 Å². The molecule has 3 aromatic heterocycles. The maximum Gasteiger partial charge on any atom is 0.139 e. The van der Waals surface area contributed by atoms with E-state index in [-0.39, 0.29) is 0 Å². The average Bonchev–Trinajstić information content (AvgIpc) is 3.23. The summed E-state index contributed by atoms with van der Waals surface area (Å²) in [6.07, 6.45) is 8.33. The summed E-state index contributed by atoms with van der Waals surface area (Å²) >= 11 is 1.48. The highest BCUT2D eigenvalue weighted by molar-refractivity contribution is 7.03. The van der Waals surface area contributed by atoms with Gasteiger partial charge in [0.25, 0.3) is 0 Å². The van der Waals surface area contributed by atoms with Crippen LogP contribution in [0.15, 0.2) is 30.0 Å². The number of piperidine rings is 1. The fourth-order valence-electron chi connectivity index (χ4n) is 3.30. The van der Waals surface area contributed by atoms with Crippen molar-refractivity contribution in [3.63, 3.8) is 0 Å². The molecule has 1 aliphatic rings. The number of hydrogen-bond acceptors (Lipinski definition) is 5. The Balaban J connectivity index is 1.82. The number of hydrogen-bond donors (Lipinski definition) is 2. The topological polar surface area (TPSA) is 56.8 Å². The van der Waals surface area contributed by atoms with Crippen LogP contribution in [-0.2, 0) is 0 Å². The summed E-state index contributed by atoms with van der Waals surface area (Å²) in [6, 6.07) is 2.69. The molecule has 3 aromatic rings. The molecule has 0 radical (unpaired) electrons. The van der Waals surface area contributed by atoms with Gasteiger partial charge in [-0.1, -0.05) is 0 Å². The lowest BCUT2D eigenvalue weighted by atomic mass is 10.0. The van der Waals surface area contributed by atoms with Gasteiger partial charge < -0.3 is 15.2 Å². The Bertz CT molecular complexity index is 764. The van der Waals surface area contributed by atoms with Crippen LogP contribution >= 0.6 is 11.5 Å². The molecule has 1 fully saturated rings. The molecule has 0 unspecified atom stereocenters. The molecule has 0 spiro atoms. The fraction of sp³-hybridized carbons (Fsp3) is 0.375. The van der Waals surface area contributed by atoms with Gasteiger partial charge in [0.1, 0.15) is 5.65 Å². The van der Waals surface area contributed by atoms with Crippen molar-refractivity contribution >= 4 is 28.3 Å². The highest BCUT2D eigenvalue weighted by Crippen LogP contribution is 2.36. The highest BCUT2D eigenvalue weighted by Gasteiger charge is 2.22. The quantitative estimate of drug-likeness (QED) is 0.780. The second-order valence-corrected chi connectivity index (χ2v) is 6.40. The molecular formula is C16H19N5S. The number of nitrogens with zero attached hydrogens (tertiary/aromatic N) is 3. The smallest absolute Gasteiger partial charge is 0.139 e. The van der Waals surface area contributed by atoms with Crippen molar-refractivity contribution in [1.82, 2.24) is 19.7 Å². The molecular weight excluding hydrogens is 294 g/mol. The van der Waals surface area contributed by atoms with Gasteiger partial charge >= 0.3 is 0 Å². The Morgan fingerprint density at radius 1 is 1.45 bits per heavy atom. The van der Waals surface area contributed by atoms with E-state index in [1.54, 1.807) is 0 Å². The zero-order valence-electron chi connectivity index (χ0n) is 12.5. The van der Waals surface area contributed by atoms with E-state index in [1.165, 1.54) is 41.0 Å². The predicted molar refractivity (Wildman–Crippen MR) is 91.5 cm³/mol. The van der Waals surface area contributed by atoms with Crippen LogP contribution in [0.1, 0.15) is 12.8 Å². The largest absolute Gasteiger partial charge is 0.369 e. The van der Waals surface area contributed by atoms with Crippen molar-refractivity contribution in [3.8, 4) is 11.1 Å². The van der Waals surface area contributed by atoms with Gasteiger partial charge in [-0.25, -0.2) is 9.36 Å². The molecule has 1 aliphatic heterocycles. The minimum absolute atomic E-state index is 0.558. The summed E-state index contributed by atoms with van der Waals surface area (Å²) in [5, 5.41) is 6.71. The van der Waals surface area contributed by atoms with Crippen LogP contribution in [0, 0.1) is 0 Å². The summed E-state index contributed by atoms with van der Waals surface area (Å²) in [5.74, 6) is 0. The maximum atomic E-state index is 4.49. The normalized spacial score (nSPS) is 19.0. The molecule has 6 heteroatoms. The molecule has 4 rings (SSSR count). The molecule has 114 valence electrons. The molecule has 1 atom stereocenters. The molecule has 22 heavy (non-hydrogen) atoms. The summed E-state index contributed by atoms with van der Waals surface area (Å²) in [4.78, 5) is 10.3. The van der Waals surface area contributed by atoms with Gasteiger partial charge in [-0.05, 0) is 37.5 Å². The van der Waals surface area contributed by atoms with Gasteiger partial charge in [-0.2, -0.15) is 0 Å². The van der Waals surface area contributed by atoms with Crippen LogP contribution in [-0.4, -0.2) is 40.5 Å². The molecule has 4 heterocycles. The summed E-state index contributed by atoms with van der Waals surface area (Å²) in [5.41, 5.74) is 4.57. The number of aromatic amines is 1. The second-order valence-electron chi connectivity index (χ2n) is 5.74. The Kier molecular flexibility index (Phi) is 3.56. The van der Waals surface area contributed by atoms with Gasteiger partial charge in [0.05, 0.1) is 0 Å². The summed E-state index contributed by atoms with van der Waals surface area (Å²) in [7, 11) is 2.05. The third-order valence-corrected chi connectivity index (χ3v) is 5.05. The zero-order chi connectivity index (χ0) is 14.9. The Morgan fingerprint density at radius 2 is 2.41 bits per heavy atom. The lowest BCUT2D eigenvalue weighted by molar-refractivity contribution is 0.450. The minimum atomic E-state index is 0.558. The average molecular weight is 313 g/mol. The SMILES string of the molecule is CN[C@H]1CCCN(c2ccnc3[nH]cc(-c4cnsc4)c23)C1. The number of H-pyrrole nitrogens is 1. The first-order valence-electron chi connectivity index (χ1n) is 7.65. The number of anilines is 1. The van der Waals surface area contributed by atoms with Gasteiger partial charge in [0, 0.05) is 65.3 Å². The highest BCUT2D eigenvalue weighted by atomic mass is 32.1. The molecule has 2 N–H and O–H groups in total. The van der Waals surface area contributed by atoms with E-state index in [9.17, 15) is 0 Å². The van der Waals surface area contributed by atoms with Crippen molar-refractivity contribution in [2.24, 2.45) is 0 Å². The van der Waals surface area contributed by atoms with Crippen molar-refractivity contribution in [2.45, 2.75) is 18.9 Å². The number of rotatable bonds is 3. The molecule has 5 nitrogen and oxygen atoms in total. The minimum Gasteiger partial charge on any atom is -0.369 e. The van der Waals surface area contributed by atoms with Crippen molar-refractivity contribution in [3.05, 3.63) is 30.0 Å². The monoisotopic (exact) mass is 313 g/mol. The zero-order valence-corrected chi connectivity index (χ0v) is 13.4. The molecule has 0 aromatic carbocycles. The predicted octanol–water partition coefficient (Wildman–Crippen LogP) is 2.87. The molecule has 1 saturated heterocycles. The number of likely N-dealkylation sites (N-methyl/N-ethyl adjacent to an activating group) is 1. The van der Waals surface area contributed by atoms with Gasteiger partial charge in [0.15, 0.2) is 0 Å². The standard InChI is InChI=1S/C16H19N5S/c1-17-12-3-2-6-21(9-12)14-4-5-18-16-15(14)13(8-19-16)11-7-20-22-10-11/h4-5,7-8,10,12,17H,2-3,6,9H2,1H3,(H,18,19)/t12-/m0/s1. The van der Waals surface area contributed by atoms with Gasteiger partial charge in [-0.3, -0.25) is 0 Å². The molecule has 0 saturated carbocycles. The van der Waals surface area contributed by atoms with Gasteiger partial charge in [0.2, 0.25) is 0 Å². The maximum absolute atomic E-state index is 4.49. The van der Waals surface area contributed by atoms with Crippen LogP contribution in [0.4, 0.5) is 5.69 Å². The first-order valence-corrected chi connectivity index (χ1v) is 8.48. The number of aromatic nitrogens is 3.